The molecule has 0 aliphatic carbocycles. The van der Waals surface area contributed by atoms with E-state index in [9.17, 15) is 0 Å². The number of methoxy groups -OCH3 is 2. The Morgan fingerprint density at radius 1 is 1.28 bits per heavy atom. The number of hydrogen-bond donors (Lipinski definition) is 2. The number of hydrazine groups is 1. The molecule has 4 rings (SSSR count). The minimum Gasteiger partial charge on any atom is -0.497 e. The van der Waals surface area contributed by atoms with Gasteiger partial charge in [-0.3, -0.25) is 10.3 Å². The summed E-state index contributed by atoms with van der Waals surface area (Å²) in [5, 5.41) is 4.25. The SMILES string of the molecule is CCc1onc(C)c1C1CCCN1CC1CNNC1c1cc(OC)ccc1OC. The van der Waals surface area contributed by atoms with Gasteiger partial charge >= 0.3 is 0 Å². The second-order valence-electron chi connectivity index (χ2n) is 7.98. The normalized spacial score (nSPS) is 24.9. The summed E-state index contributed by atoms with van der Waals surface area (Å²) in [4.78, 5) is 2.61. The molecule has 3 unspecified atom stereocenters. The number of hydrogen-bond acceptors (Lipinski definition) is 7. The van der Waals surface area contributed by atoms with Gasteiger partial charge in [0.25, 0.3) is 0 Å². The third kappa shape index (κ3) is 3.86. The summed E-state index contributed by atoms with van der Waals surface area (Å²) in [6, 6.07) is 6.56. The molecule has 158 valence electrons. The van der Waals surface area contributed by atoms with Crippen LogP contribution in [0.4, 0.5) is 0 Å². The highest BCUT2D eigenvalue weighted by atomic mass is 16.5. The fourth-order valence-electron chi connectivity index (χ4n) is 4.90. The van der Waals surface area contributed by atoms with Gasteiger partial charge in [0.05, 0.1) is 26.0 Å². The average Bonchev–Trinajstić information content (AvgIpc) is 3.47. The average molecular weight is 401 g/mol. The van der Waals surface area contributed by atoms with E-state index in [1.54, 1.807) is 14.2 Å². The monoisotopic (exact) mass is 400 g/mol. The zero-order valence-electron chi connectivity index (χ0n) is 17.8. The van der Waals surface area contributed by atoms with Crippen molar-refractivity contribution < 1.29 is 14.0 Å². The lowest BCUT2D eigenvalue weighted by atomic mass is 9.92. The first-order chi connectivity index (χ1) is 14.2. The standard InChI is InChI=1S/C22H32N4O3/c1-5-19-21(14(2)25-29-19)18-7-6-10-26(18)13-15-12-23-24-22(15)17-11-16(27-3)8-9-20(17)28-4/h8-9,11,15,18,22-24H,5-7,10,12-13H2,1-4H3. The molecule has 0 amide bonds. The number of nitrogens with zero attached hydrogens (tertiary/aromatic N) is 2. The van der Waals surface area contributed by atoms with E-state index in [1.807, 2.05) is 12.1 Å². The molecule has 0 radical (unpaired) electrons. The van der Waals surface area contributed by atoms with Gasteiger partial charge in [0, 0.05) is 42.6 Å². The highest BCUT2D eigenvalue weighted by Crippen LogP contribution is 2.40. The molecule has 7 nitrogen and oxygen atoms in total. The largest absolute Gasteiger partial charge is 0.497 e. The predicted molar refractivity (Wildman–Crippen MR) is 111 cm³/mol. The van der Waals surface area contributed by atoms with Gasteiger partial charge in [-0.25, -0.2) is 5.43 Å². The third-order valence-electron chi connectivity index (χ3n) is 6.34. The van der Waals surface area contributed by atoms with Crippen molar-refractivity contribution in [3.05, 3.63) is 40.8 Å². The van der Waals surface area contributed by atoms with E-state index < -0.39 is 0 Å². The minimum atomic E-state index is 0.163. The Kier molecular flexibility index (Phi) is 6.08. The van der Waals surface area contributed by atoms with Crippen LogP contribution in [0, 0.1) is 12.8 Å². The Hall–Kier alpha value is -2.09. The quantitative estimate of drug-likeness (QED) is 0.740. The Morgan fingerprint density at radius 2 is 2.14 bits per heavy atom. The van der Waals surface area contributed by atoms with Gasteiger partial charge in [0.1, 0.15) is 17.3 Å². The Bertz CT molecular complexity index is 837. The summed E-state index contributed by atoms with van der Waals surface area (Å²) < 4.78 is 16.7. The molecule has 1 aromatic heterocycles. The van der Waals surface area contributed by atoms with E-state index in [0.717, 1.165) is 61.0 Å². The number of rotatable bonds is 7. The molecule has 0 bridgehead atoms. The Labute approximate surface area is 172 Å². The first-order valence-corrected chi connectivity index (χ1v) is 10.6. The van der Waals surface area contributed by atoms with Crippen LogP contribution in [-0.2, 0) is 6.42 Å². The maximum Gasteiger partial charge on any atom is 0.141 e. The summed E-state index contributed by atoms with van der Waals surface area (Å²) in [6.45, 7) is 7.23. The van der Waals surface area contributed by atoms with Crippen molar-refractivity contribution in [3.8, 4) is 11.5 Å². The zero-order chi connectivity index (χ0) is 20.4. The lowest BCUT2D eigenvalue weighted by Gasteiger charge is -2.30. The van der Waals surface area contributed by atoms with Crippen molar-refractivity contribution in [3.63, 3.8) is 0 Å². The lowest BCUT2D eigenvalue weighted by Crippen LogP contribution is -2.33. The third-order valence-corrected chi connectivity index (χ3v) is 6.34. The maximum atomic E-state index is 5.64. The van der Waals surface area contributed by atoms with E-state index >= 15 is 0 Å². The van der Waals surface area contributed by atoms with Gasteiger partial charge < -0.3 is 14.0 Å². The highest BCUT2D eigenvalue weighted by Gasteiger charge is 2.37. The molecule has 2 aliphatic heterocycles. The predicted octanol–water partition coefficient (Wildman–Crippen LogP) is 3.16. The summed E-state index contributed by atoms with van der Waals surface area (Å²) in [7, 11) is 3.42. The van der Waals surface area contributed by atoms with Crippen molar-refractivity contribution in [2.24, 2.45) is 5.92 Å². The minimum absolute atomic E-state index is 0.163. The van der Waals surface area contributed by atoms with Crippen LogP contribution in [0.1, 0.15) is 54.4 Å². The van der Waals surface area contributed by atoms with E-state index in [0.29, 0.717) is 12.0 Å². The smallest absolute Gasteiger partial charge is 0.141 e. The molecular weight excluding hydrogens is 368 g/mol. The number of likely N-dealkylation sites (tertiary alicyclic amines) is 1. The van der Waals surface area contributed by atoms with Gasteiger partial charge in [0.2, 0.25) is 0 Å². The second kappa shape index (κ2) is 8.73. The first-order valence-electron chi connectivity index (χ1n) is 10.6. The van der Waals surface area contributed by atoms with Gasteiger partial charge in [-0.15, -0.1) is 0 Å². The van der Waals surface area contributed by atoms with Crippen LogP contribution in [0.15, 0.2) is 22.7 Å². The molecule has 29 heavy (non-hydrogen) atoms. The summed E-state index contributed by atoms with van der Waals surface area (Å²) in [5.41, 5.74) is 10.3. The summed E-state index contributed by atoms with van der Waals surface area (Å²) >= 11 is 0. The number of aromatic nitrogens is 1. The molecule has 0 saturated carbocycles. The maximum absolute atomic E-state index is 5.64. The van der Waals surface area contributed by atoms with Gasteiger partial charge in [0.15, 0.2) is 0 Å². The molecular formula is C22H32N4O3. The number of benzene rings is 1. The number of nitrogens with one attached hydrogen (secondary N) is 2. The number of ether oxygens (including phenoxy) is 2. The van der Waals surface area contributed by atoms with Crippen LogP contribution in [0.2, 0.25) is 0 Å². The molecule has 2 fully saturated rings. The van der Waals surface area contributed by atoms with Crippen molar-refractivity contribution in [2.75, 3.05) is 33.9 Å². The second-order valence-corrected chi connectivity index (χ2v) is 7.98. The summed E-state index contributed by atoms with van der Waals surface area (Å²) in [6.07, 6.45) is 3.26. The fourth-order valence-corrected chi connectivity index (χ4v) is 4.90. The van der Waals surface area contributed by atoms with E-state index in [-0.39, 0.29) is 6.04 Å². The van der Waals surface area contributed by atoms with Crippen LogP contribution >= 0.6 is 0 Å². The summed E-state index contributed by atoms with van der Waals surface area (Å²) in [5.74, 6) is 3.19. The molecule has 2 saturated heterocycles. The van der Waals surface area contributed by atoms with Crippen LogP contribution in [-0.4, -0.2) is 43.9 Å². The molecule has 7 heteroatoms. The fraction of sp³-hybridized carbons (Fsp3) is 0.591. The van der Waals surface area contributed by atoms with E-state index in [4.69, 9.17) is 14.0 Å². The lowest BCUT2D eigenvalue weighted by molar-refractivity contribution is 0.208. The van der Waals surface area contributed by atoms with Gasteiger partial charge in [-0.05, 0) is 44.5 Å². The molecule has 2 aromatic rings. The molecule has 0 spiro atoms. The zero-order valence-corrected chi connectivity index (χ0v) is 17.8. The van der Waals surface area contributed by atoms with Crippen molar-refractivity contribution in [1.29, 1.82) is 0 Å². The molecule has 2 aliphatic rings. The highest BCUT2D eigenvalue weighted by molar-refractivity contribution is 5.43. The molecule has 2 N–H and O–H groups in total. The van der Waals surface area contributed by atoms with Crippen LogP contribution in [0.25, 0.3) is 0 Å². The number of aryl methyl sites for hydroxylation is 2. The Balaban J connectivity index is 1.56. The molecule has 3 atom stereocenters. The van der Waals surface area contributed by atoms with Crippen molar-refractivity contribution in [2.45, 2.75) is 45.2 Å². The van der Waals surface area contributed by atoms with Gasteiger partial charge in [-0.1, -0.05) is 12.1 Å². The van der Waals surface area contributed by atoms with E-state index in [1.165, 1.54) is 12.0 Å². The van der Waals surface area contributed by atoms with Crippen LogP contribution in [0.3, 0.4) is 0 Å². The Morgan fingerprint density at radius 3 is 2.90 bits per heavy atom. The van der Waals surface area contributed by atoms with Crippen LogP contribution in [0.5, 0.6) is 11.5 Å². The van der Waals surface area contributed by atoms with Gasteiger partial charge in [-0.2, -0.15) is 0 Å². The van der Waals surface area contributed by atoms with Crippen molar-refractivity contribution in [1.82, 2.24) is 20.9 Å². The van der Waals surface area contributed by atoms with E-state index in [2.05, 4.69) is 40.8 Å². The molecule has 3 heterocycles. The van der Waals surface area contributed by atoms with Crippen LogP contribution < -0.4 is 20.3 Å². The topological polar surface area (TPSA) is 71.8 Å². The van der Waals surface area contributed by atoms with Crippen molar-refractivity contribution >= 4 is 0 Å². The first kappa shape index (κ1) is 20.2. The molecule has 1 aromatic carbocycles.